The first-order valence-electron chi connectivity index (χ1n) is 7.68. The molecule has 0 bridgehead atoms. The maximum Gasteiger partial charge on any atom is 0.289 e. The van der Waals surface area contributed by atoms with Gasteiger partial charge in [0.25, 0.3) is 5.69 Å². The zero-order chi connectivity index (χ0) is 17.2. The summed E-state index contributed by atoms with van der Waals surface area (Å²) in [6, 6.07) is 2.87. The van der Waals surface area contributed by atoms with Gasteiger partial charge in [0.05, 0.1) is 4.92 Å². The lowest BCUT2D eigenvalue weighted by Crippen LogP contribution is -2.40. The molecule has 1 saturated heterocycles. The number of nitrogens with one attached hydrogen (secondary N) is 1. The lowest BCUT2D eigenvalue weighted by atomic mass is 9.98. The van der Waals surface area contributed by atoms with Gasteiger partial charge in [0, 0.05) is 19.2 Å². The highest BCUT2D eigenvalue weighted by molar-refractivity contribution is 7.89. The van der Waals surface area contributed by atoms with Crippen molar-refractivity contribution in [1.82, 2.24) is 9.62 Å². The van der Waals surface area contributed by atoms with Crippen molar-refractivity contribution in [3.05, 3.63) is 33.4 Å². The molecule has 2 rings (SSSR count). The van der Waals surface area contributed by atoms with Crippen LogP contribution in [0, 0.1) is 29.9 Å². The third-order valence-corrected chi connectivity index (χ3v) is 6.59. The van der Waals surface area contributed by atoms with Crippen LogP contribution in [0.15, 0.2) is 17.0 Å². The number of rotatable bonds is 5. The number of nitrogens with zero attached hydrogens (tertiary/aromatic N) is 2. The maximum absolute atomic E-state index is 13.0. The van der Waals surface area contributed by atoms with Crippen molar-refractivity contribution in [2.24, 2.45) is 5.92 Å². The van der Waals surface area contributed by atoms with E-state index in [4.69, 9.17) is 0 Å². The van der Waals surface area contributed by atoms with E-state index in [-0.39, 0.29) is 23.0 Å². The summed E-state index contributed by atoms with van der Waals surface area (Å²) in [4.78, 5) is 10.5. The number of nitro groups is 1. The number of sulfonamides is 1. The van der Waals surface area contributed by atoms with Crippen LogP contribution in [0.3, 0.4) is 0 Å². The third kappa shape index (κ3) is 4.05. The van der Waals surface area contributed by atoms with Crippen molar-refractivity contribution >= 4 is 28.1 Å². The number of piperidine rings is 1. The Hall–Kier alpha value is -1.22. The van der Waals surface area contributed by atoms with Gasteiger partial charge < -0.3 is 5.32 Å². The lowest BCUT2D eigenvalue weighted by Gasteiger charge is -2.31. The smallest absolute Gasteiger partial charge is 0.289 e. The first kappa shape index (κ1) is 20.8. The number of hydrogen-bond donors (Lipinski definition) is 1. The van der Waals surface area contributed by atoms with Gasteiger partial charge in [0.15, 0.2) is 4.90 Å². The molecule has 0 radical (unpaired) electrons. The zero-order valence-corrected chi connectivity index (χ0v) is 15.7. The quantitative estimate of drug-likeness (QED) is 0.627. The average molecular weight is 378 g/mol. The molecule has 1 aliphatic rings. The van der Waals surface area contributed by atoms with E-state index in [2.05, 4.69) is 5.32 Å². The highest BCUT2D eigenvalue weighted by Crippen LogP contribution is 2.33. The summed E-state index contributed by atoms with van der Waals surface area (Å²) in [5.41, 5.74) is 0.848. The predicted molar refractivity (Wildman–Crippen MR) is 95.2 cm³/mol. The summed E-state index contributed by atoms with van der Waals surface area (Å²) >= 11 is 0. The summed E-state index contributed by atoms with van der Waals surface area (Å²) in [7, 11) is -1.98. The molecule has 0 unspecified atom stereocenters. The van der Waals surface area contributed by atoms with Crippen LogP contribution >= 0.6 is 12.4 Å². The highest BCUT2D eigenvalue weighted by atomic mass is 35.5. The minimum atomic E-state index is -3.86. The van der Waals surface area contributed by atoms with Crippen LogP contribution < -0.4 is 5.32 Å². The SMILES string of the molecule is CNCC1CCN(S(=O)(=O)c2c([N+](=O)[O-])ccc(C)c2C)CC1.Cl. The van der Waals surface area contributed by atoms with Gasteiger partial charge >= 0.3 is 0 Å². The van der Waals surface area contributed by atoms with Crippen LogP contribution in [-0.4, -0.2) is 44.3 Å². The second kappa shape index (κ2) is 8.24. The lowest BCUT2D eigenvalue weighted by molar-refractivity contribution is -0.388. The Labute approximate surface area is 149 Å². The second-order valence-electron chi connectivity index (χ2n) is 6.02. The van der Waals surface area contributed by atoms with Crippen molar-refractivity contribution in [1.29, 1.82) is 0 Å². The van der Waals surface area contributed by atoms with Gasteiger partial charge in [0.1, 0.15) is 0 Å². The molecule has 24 heavy (non-hydrogen) atoms. The fraction of sp³-hybridized carbons (Fsp3) is 0.600. The van der Waals surface area contributed by atoms with Gasteiger partial charge in [-0.3, -0.25) is 10.1 Å². The fourth-order valence-corrected chi connectivity index (χ4v) is 4.92. The number of benzene rings is 1. The minimum absolute atomic E-state index is 0. The topological polar surface area (TPSA) is 92.6 Å². The summed E-state index contributed by atoms with van der Waals surface area (Å²) < 4.78 is 27.3. The third-order valence-electron chi connectivity index (χ3n) is 4.52. The molecule has 1 aromatic carbocycles. The van der Waals surface area contributed by atoms with Gasteiger partial charge in [-0.15, -0.1) is 12.4 Å². The molecule has 136 valence electrons. The molecule has 1 N–H and O–H groups in total. The van der Waals surface area contributed by atoms with E-state index in [1.54, 1.807) is 19.9 Å². The number of hydrogen-bond acceptors (Lipinski definition) is 5. The standard InChI is InChI=1S/C15H23N3O4S.ClH/c1-11-4-5-14(18(19)20)15(12(11)2)23(21,22)17-8-6-13(7-9-17)10-16-3;/h4-5,13,16H,6-10H2,1-3H3;1H. The Kier molecular flexibility index (Phi) is 7.15. The van der Waals surface area contributed by atoms with E-state index < -0.39 is 14.9 Å². The predicted octanol–water partition coefficient (Wildman–Crippen LogP) is 2.25. The molecule has 1 aliphatic heterocycles. The van der Waals surface area contributed by atoms with Crippen LogP contribution in [0.25, 0.3) is 0 Å². The van der Waals surface area contributed by atoms with Gasteiger partial charge in [-0.1, -0.05) is 6.07 Å². The van der Waals surface area contributed by atoms with Crippen LogP contribution in [0.2, 0.25) is 0 Å². The Morgan fingerprint density at radius 3 is 2.38 bits per heavy atom. The number of halogens is 1. The zero-order valence-electron chi connectivity index (χ0n) is 14.1. The molecule has 1 fully saturated rings. The monoisotopic (exact) mass is 377 g/mol. The Morgan fingerprint density at radius 1 is 1.29 bits per heavy atom. The molecule has 0 spiro atoms. The fourth-order valence-electron chi connectivity index (χ4n) is 3.02. The summed E-state index contributed by atoms with van der Waals surface area (Å²) in [5.74, 6) is 0.444. The van der Waals surface area contributed by atoms with E-state index in [1.165, 1.54) is 10.4 Å². The van der Waals surface area contributed by atoms with E-state index in [0.29, 0.717) is 24.6 Å². The molecule has 0 atom stereocenters. The Bertz CT molecular complexity index is 701. The summed E-state index contributed by atoms with van der Waals surface area (Å²) in [5, 5.41) is 14.4. The average Bonchev–Trinajstić information content (AvgIpc) is 2.50. The van der Waals surface area contributed by atoms with E-state index in [0.717, 1.165) is 24.9 Å². The van der Waals surface area contributed by atoms with Crippen LogP contribution in [0.1, 0.15) is 24.0 Å². The largest absolute Gasteiger partial charge is 0.319 e. The van der Waals surface area contributed by atoms with Crippen molar-refractivity contribution < 1.29 is 13.3 Å². The van der Waals surface area contributed by atoms with Crippen molar-refractivity contribution in [2.75, 3.05) is 26.7 Å². The van der Waals surface area contributed by atoms with Crippen LogP contribution in [0.5, 0.6) is 0 Å². The van der Waals surface area contributed by atoms with Gasteiger partial charge in [-0.25, -0.2) is 8.42 Å². The Balaban J connectivity index is 0.00000288. The van der Waals surface area contributed by atoms with E-state index in [1.807, 2.05) is 7.05 Å². The molecule has 1 aromatic rings. The minimum Gasteiger partial charge on any atom is -0.319 e. The van der Waals surface area contributed by atoms with Crippen LogP contribution in [0.4, 0.5) is 5.69 Å². The highest BCUT2D eigenvalue weighted by Gasteiger charge is 2.35. The summed E-state index contributed by atoms with van der Waals surface area (Å²) in [6.45, 7) is 5.05. The van der Waals surface area contributed by atoms with Crippen molar-refractivity contribution in [2.45, 2.75) is 31.6 Å². The molecular formula is C15H24ClN3O4S. The van der Waals surface area contributed by atoms with Crippen molar-refractivity contribution in [3.63, 3.8) is 0 Å². The summed E-state index contributed by atoms with van der Waals surface area (Å²) in [6.07, 6.45) is 1.53. The Morgan fingerprint density at radius 2 is 1.88 bits per heavy atom. The molecule has 1 heterocycles. The normalized spacial score (nSPS) is 16.6. The molecule has 0 amide bonds. The molecule has 0 aromatic heterocycles. The van der Waals surface area contributed by atoms with Crippen LogP contribution in [-0.2, 0) is 10.0 Å². The second-order valence-corrected chi connectivity index (χ2v) is 7.89. The number of aryl methyl sites for hydroxylation is 1. The van der Waals surface area contributed by atoms with E-state index in [9.17, 15) is 18.5 Å². The van der Waals surface area contributed by atoms with Gasteiger partial charge in [0.2, 0.25) is 10.0 Å². The first-order valence-corrected chi connectivity index (χ1v) is 9.12. The van der Waals surface area contributed by atoms with E-state index >= 15 is 0 Å². The number of nitro benzene ring substituents is 1. The van der Waals surface area contributed by atoms with Crippen molar-refractivity contribution in [3.8, 4) is 0 Å². The molecule has 0 saturated carbocycles. The maximum atomic E-state index is 13.0. The molecular weight excluding hydrogens is 354 g/mol. The van der Waals surface area contributed by atoms with Gasteiger partial charge in [-0.05, 0) is 57.3 Å². The molecule has 7 nitrogen and oxygen atoms in total. The molecule has 0 aliphatic carbocycles. The molecule has 9 heteroatoms. The first-order chi connectivity index (χ1) is 10.8. The van der Waals surface area contributed by atoms with Gasteiger partial charge in [-0.2, -0.15) is 4.31 Å².